The average Bonchev–Trinajstić information content (AvgIpc) is 2.79. The SMILES string of the molecule is CCOc1ccccc1N(CCCC(=O)N(Cc1cccc(Cl)c1)C(C)C(=O)NC)S(C)(=O)=O. The highest BCUT2D eigenvalue weighted by molar-refractivity contribution is 7.92. The minimum Gasteiger partial charge on any atom is -0.492 e. The standard InChI is InChI=1S/C24H32ClN3O5S/c1-5-33-22-13-7-6-12-21(22)28(34(4,31)32)15-9-14-23(29)27(18(2)24(30)26-3)17-19-10-8-11-20(25)16-19/h6-8,10-13,16,18H,5,9,14-15,17H2,1-4H3,(H,26,30). The van der Waals surface area contributed by atoms with Gasteiger partial charge in [-0.3, -0.25) is 13.9 Å². The van der Waals surface area contributed by atoms with E-state index in [4.69, 9.17) is 16.3 Å². The third-order valence-electron chi connectivity index (χ3n) is 5.24. The number of hydrogen-bond donors (Lipinski definition) is 1. The van der Waals surface area contributed by atoms with Crippen LogP contribution in [0.25, 0.3) is 0 Å². The third-order valence-corrected chi connectivity index (χ3v) is 6.66. The second-order valence-electron chi connectivity index (χ2n) is 7.78. The monoisotopic (exact) mass is 509 g/mol. The Morgan fingerprint density at radius 3 is 2.47 bits per heavy atom. The maximum Gasteiger partial charge on any atom is 0.242 e. The summed E-state index contributed by atoms with van der Waals surface area (Å²) in [6.07, 6.45) is 1.44. The number of likely N-dealkylation sites (N-methyl/N-ethyl adjacent to an activating group) is 1. The molecule has 8 nitrogen and oxygen atoms in total. The van der Waals surface area contributed by atoms with E-state index in [9.17, 15) is 18.0 Å². The lowest BCUT2D eigenvalue weighted by Gasteiger charge is -2.29. The molecule has 1 unspecified atom stereocenters. The molecule has 34 heavy (non-hydrogen) atoms. The first-order valence-electron chi connectivity index (χ1n) is 11.0. The molecule has 0 aliphatic carbocycles. The summed E-state index contributed by atoms with van der Waals surface area (Å²) in [7, 11) is -2.10. The summed E-state index contributed by atoms with van der Waals surface area (Å²) in [5.41, 5.74) is 1.22. The van der Waals surface area contributed by atoms with E-state index in [-0.39, 0.29) is 37.7 Å². The Labute approximate surface area is 206 Å². The molecule has 0 saturated heterocycles. The fourth-order valence-corrected chi connectivity index (χ4v) is 4.73. The van der Waals surface area contributed by atoms with Crippen LogP contribution in [0.1, 0.15) is 32.3 Å². The van der Waals surface area contributed by atoms with Crippen LogP contribution in [-0.2, 0) is 26.2 Å². The number of amides is 2. The first kappa shape index (κ1) is 27.5. The second kappa shape index (κ2) is 12.6. The fourth-order valence-electron chi connectivity index (χ4n) is 3.55. The number of halogens is 1. The van der Waals surface area contributed by atoms with Crippen LogP contribution in [0.15, 0.2) is 48.5 Å². The van der Waals surface area contributed by atoms with Gasteiger partial charge >= 0.3 is 0 Å². The number of sulfonamides is 1. The number of para-hydroxylation sites is 2. The minimum absolute atomic E-state index is 0.0602. The molecule has 0 radical (unpaired) electrons. The summed E-state index contributed by atoms with van der Waals surface area (Å²) >= 11 is 6.08. The van der Waals surface area contributed by atoms with Crippen molar-refractivity contribution in [2.45, 2.75) is 39.3 Å². The molecule has 10 heteroatoms. The van der Waals surface area contributed by atoms with Crippen molar-refractivity contribution in [3.05, 3.63) is 59.1 Å². The molecule has 0 bridgehead atoms. The predicted molar refractivity (Wildman–Crippen MR) is 135 cm³/mol. The number of rotatable bonds is 12. The van der Waals surface area contributed by atoms with Gasteiger partial charge in [-0.25, -0.2) is 8.42 Å². The number of carbonyl (C=O) groups excluding carboxylic acids is 2. The molecule has 2 amide bonds. The van der Waals surface area contributed by atoms with Crippen molar-refractivity contribution in [1.82, 2.24) is 10.2 Å². The Bertz CT molecular complexity index is 1090. The molecular formula is C24H32ClN3O5S. The molecule has 1 atom stereocenters. The Morgan fingerprint density at radius 2 is 1.85 bits per heavy atom. The predicted octanol–water partition coefficient (Wildman–Crippen LogP) is 3.45. The topological polar surface area (TPSA) is 96.0 Å². The fraction of sp³-hybridized carbons (Fsp3) is 0.417. The zero-order valence-electron chi connectivity index (χ0n) is 20.0. The van der Waals surface area contributed by atoms with Crippen molar-refractivity contribution in [3.8, 4) is 5.75 Å². The van der Waals surface area contributed by atoms with Gasteiger partial charge in [-0.1, -0.05) is 35.9 Å². The normalized spacial score (nSPS) is 12.0. The summed E-state index contributed by atoms with van der Waals surface area (Å²) in [5.74, 6) is -0.0982. The van der Waals surface area contributed by atoms with Gasteiger partial charge in [0.15, 0.2) is 0 Å². The molecule has 0 aliphatic heterocycles. The molecule has 2 rings (SSSR count). The van der Waals surface area contributed by atoms with E-state index in [0.29, 0.717) is 23.1 Å². The van der Waals surface area contributed by atoms with Gasteiger partial charge in [0.2, 0.25) is 21.8 Å². The zero-order valence-corrected chi connectivity index (χ0v) is 21.5. The Balaban J connectivity index is 2.18. The minimum atomic E-state index is -3.61. The number of carbonyl (C=O) groups is 2. The van der Waals surface area contributed by atoms with Crippen LogP contribution < -0.4 is 14.4 Å². The lowest BCUT2D eigenvalue weighted by Crippen LogP contribution is -2.46. The third kappa shape index (κ3) is 7.63. The van der Waals surface area contributed by atoms with E-state index in [1.54, 1.807) is 49.4 Å². The molecule has 0 spiro atoms. The molecule has 1 N–H and O–H groups in total. The lowest BCUT2D eigenvalue weighted by atomic mass is 10.1. The van der Waals surface area contributed by atoms with Crippen molar-refractivity contribution in [3.63, 3.8) is 0 Å². The largest absolute Gasteiger partial charge is 0.492 e. The van der Waals surface area contributed by atoms with Crippen molar-refractivity contribution in [2.24, 2.45) is 0 Å². The van der Waals surface area contributed by atoms with Gasteiger partial charge in [-0.05, 0) is 50.1 Å². The van der Waals surface area contributed by atoms with E-state index < -0.39 is 16.1 Å². The maximum absolute atomic E-state index is 13.2. The van der Waals surface area contributed by atoms with Crippen LogP contribution in [0.3, 0.4) is 0 Å². The number of benzene rings is 2. The summed E-state index contributed by atoms with van der Waals surface area (Å²) < 4.78 is 31.9. The number of hydrogen-bond acceptors (Lipinski definition) is 5. The van der Waals surface area contributed by atoms with E-state index in [2.05, 4.69) is 5.32 Å². The molecule has 2 aromatic carbocycles. The van der Waals surface area contributed by atoms with Crippen LogP contribution in [0.5, 0.6) is 5.75 Å². The van der Waals surface area contributed by atoms with Gasteiger partial charge in [0.05, 0.1) is 18.6 Å². The van der Waals surface area contributed by atoms with Gasteiger partial charge in [-0.15, -0.1) is 0 Å². The molecule has 0 aromatic heterocycles. The molecule has 0 fully saturated rings. The Kier molecular flexibility index (Phi) is 10.2. The van der Waals surface area contributed by atoms with Crippen LogP contribution in [0, 0.1) is 0 Å². The van der Waals surface area contributed by atoms with Crippen molar-refractivity contribution >= 4 is 39.1 Å². The Morgan fingerprint density at radius 1 is 1.15 bits per heavy atom. The summed E-state index contributed by atoms with van der Waals surface area (Å²) in [6.45, 7) is 4.17. The van der Waals surface area contributed by atoms with Gasteiger partial charge in [-0.2, -0.15) is 0 Å². The number of nitrogens with zero attached hydrogens (tertiary/aromatic N) is 2. The highest BCUT2D eigenvalue weighted by Crippen LogP contribution is 2.30. The van der Waals surface area contributed by atoms with Crippen LogP contribution in [-0.4, -0.2) is 57.6 Å². The summed E-state index contributed by atoms with van der Waals surface area (Å²) in [5, 5.41) is 3.11. The van der Waals surface area contributed by atoms with Gasteiger partial charge in [0, 0.05) is 31.6 Å². The van der Waals surface area contributed by atoms with Gasteiger partial charge in [0.25, 0.3) is 0 Å². The molecule has 0 aliphatic rings. The van der Waals surface area contributed by atoms with E-state index in [1.807, 2.05) is 13.0 Å². The molecular weight excluding hydrogens is 478 g/mol. The highest BCUT2D eigenvalue weighted by Gasteiger charge is 2.26. The van der Waals surface area contributed by atoms with Crippen LogP contribution in [0.2, 0.25) is 5.02 Å². The average molecular weight is 510 g/mol. The highest BCUT2D eigenvalue weighted by atomic mass is 35.5. The van der Waals surface area contributed by atoms with Crippen molar-refractivity contribution < 1.29 is 22.7 Å². The first-order valence-corrected chi connectivity index (χ1v) is 13.3. The lowest BCUT2D eigenvalue weighted by molar-refractivity contribution is -0.140. The summed E-state index contributed by atoms with van der Waals surface area (Å²) in [6, 6.07) is 13.3. The van der Waals surface area contributed by atoms with Crippen LogP contribution >= 0.6 is 11.6 Å². The first-order chi connectivity index (χ1) is 16.1. The molecule has 0 saturated carbocycles. The van der Waals surface area contributed by atoms with Crippen molar-refractivity contribution in [2.75, 3.05) is 30.8 Å². The molecule has 2 aromatic rings. The maximum atomic E-state index is 13.2. The van der Waals surface area contributed by atoms with Gasteiger partial charge in [0.1, 0.15) is 11.8 Å². The van der Waals surface area contributed by atoms with E-state index in [0.717, 1.165) is 11.8 Å². The quantitative estimate of drug-likeness (QED) is 0.472. The smallest absolute Gasteiger partial charge is 0.242 e. The van der Waals surface area contributed by atoms with E-state index >= 15 is 0 Å². The number of ether oxygens (including phenoxy) is 1. The van der Waals surface area contributed by atoms with Gasteiger partial charge < -0.3 is 15.0 Å². The number of anilines is 1. The number of nitrogens with one attached hydrogen (secondary N) is 1. The van der Waals surface area contributed by atoms with Crippen molar-refractivity contribution in [1.29, 1.82) is 0 Å². The second-order valence-corrected chi connectivity index (χ2v) is 10.1. The van der Waals surface area contributed by atoms with Crippen LogP contribution in [0.4, 0.5) is 5.69 Å². The molecule has 0 heterocycles. The Hall–Kier alpha value is -2.78. The summed E-state index contributed by atoms with van der Waals surface area (Å²) in [4.78, 5) is 26.9. The van der Waals surface area contributed by atoms with E-state index in [1.165, 1.54) is 16.3 Å². The molecule has 186 valence electrons. The zero-order chi connectivity index (χ0) is 25.3.